The highest BCUT2D eigenvalue weighted by Crippen LogP contribution is 2.33. The van der Waals surface area contributed by atoms with Crippen LogP contribution in [0.3, 0.4) is 0 Å². The number of sulfone groups is 1. The summed E-state index contributed by atoms with van der Waals surface area (Å²) >= 11 is 0. The Labute approximate surface area is 167 Å². The highest BCUT2D eigenvalue weighted by molar-refractivity contribution is 7.92. The first kappa shape index (κ1) is 20.8. The van der Waals surface area contributed by atoms with Crippen LogP contribution in [0.25, 0.3) is 5.65 Å². The van der Waals surface area contributed by atoms with E-state index in [1.54, 1.807) is 27.6 Å². The van der Waals surface area contributed by atoms with Gasteiger partial charge < -0.3 is 4.90 Å². The summed E-state index contributed by atoms with van der Waals surface area (Å²) in [6.07, 6.45) is 6.14. The summed E-state index contributed by atoms with van der Waals surface area (Å²) in [7, 11) is -3.47. The van der Waals surface area contributed by atoms with Gasteiger partial charge in [-0.25, -0.2) is 13.4 Å². The zero-order valence-electron chi connectivity index (χ0n) is 17.3. The molecule has 0 unspecified atom stereocenters. The van der Waals surface area contributed by atoms with Gasteiger partial charge in [-0.1, -0.05) is 33.1 Å². The van der Waals surface area contributed by atoms with Crippen LogP contribution in [-0.2, 0) is 9.84 Å². The van der Waals surface area contributed by atoms with Gasteiger partial charge in [0.25, 0.3) is 5.91 Å². The fraction of sp³-hybridized carbons (Fsp3) is 0.619. The Bertz CT molecular complexity index is 953. The predicted molar refractivity (Wildman–Crippen MR) is 111 cm³/mol. The van der Waals surface area contributed by atoms with E-state index in [9.17, 15) is 13.2 Å². The van der Waals surface area contributed by atoms with E-state index < -0.39 is 9.84 Å². The van der Waals surface area contributed by atoms with Gasteiger partial charge in [0.15, 0.2) is 14.9 Å². The molecule has 1 fully saturated rings. The first-order chi connectivity index (χ1) is 13.3. The molecule has 2 aromatic heterocycles. The highest BCUT2D eigenvalue weighted by Gasteiger charge is 2.35. The molecule has 0 bridgehead atoms. The van der Waals surface area contributed by atoms with E-state index in [2.05, 4.69) is 4.98 Å². The molecule has 3 rings (SSSR count). The number of hydrogen-bond donors (Lipinski definition) is 0. The molecule has 1 amide bonds. The number of hydrogen-bond acceptors (Lipinski definition) is 4. The van der Waals surface area contributed by atoms with Crippen molar-refractivity contribution < 1.29 is 13.2 Å². The summed E-state index contributed by atoms with van der Waals surface area (Å²) in [6, 6.07) is 3.42. The van der Waals surface area contributed by atoms with Crippen LogP contribution in [0.5, 0.6) is 0 Å². The first-order valence-corrected chi connectivity index (χ1v) is 11.9. The Kier molecular flexibility index (Phi) is 6.12. The van der Waals surface area contributed by atoms with Crippen molar-refractivity contribution >= 4 is 21.4 Å². The van der Waals surface area contributed by atoms with E-state index in [4.69, 9.17) is 0 Å². The molecule has 154 valence electrons. The van der Waals surface area contributed by atoms with Crippen LogP contribution < -0.4 is 0 Å². The number of nitrogens with zero attached hydrogens (tertiary/aromatic N) is 3. The predicted octanol–water partition coefficient (Wildman–Crippen LogP) is 4.05. The van der Waals surface area contributed by atoms with Crippen molar-refractivity contribution in [3.05, 3.63) is 29.6 Å². The molecule has 28 heavy (non-hydrogen) atoms. The lowest BCUT2D eigenvalue weighted by Gasteiger charge is -2.22. The number of aromatic nitrogens is 2. The van der Waals surface area contributed by atoms with Crippen LogP contribution in [0, 0.1) is 0 Å². The smallest absolute Gasteiger partial charge is 0.254 e. The molecule has 0 N–H and O–H groups in total. The van der Waals surface area contributed by atoms with Crippen LogP contribution in [0.2, 0.25) is 0 Å². The Morgan fingerprint density at radius 3 is 2.43 bits per heavy atom. The first-order valence-electron chi connectivity index (χ1n) is 10.4. The van der Waals surface area contributed by atoms with Crippen molar-refractivity contribution in [2.45, 2.75) is 76.0 Å². The second-order valence-electron chi connectivity index (χ2n) is 7.88. The fourth-order valence-electron chi connectivity index (χ4n) is 4.06. The number of carbonyl (C=O) groups excluding carboxylic acids is 1. The third kappa shape index (κ3) is 3.69. The third-order valence-electron chi connectivity index (χ3n) is 5.71. The number of imidazole rings is 1. The fourth-order valence-corrected chi connectivity index (χ4v) is 6.33. The normalized spacial score (nSPS) is 16.0. The SMILES string of the molecule is CCN(CC)C(=O)c1ccn2c(S(=O)(=O)C3CCCCC3)c(C(C)C)nc2c1. The second-order valence-corrected chi connectivity index (χ2v) is 10.0. The lowest BCUT2D eigenvalue weighted by atomic mass is 10.0. The molecule has 1 aliphatic rings. The molecule has 0 aliphatic heterocycles. The summed E-state index contributed by atoms with van der Waals surface area (Å²) in [5.41, 5.74) is 1.66. The molecule has 2 aromatic rings. The van der Waals surface area contributed by atoms with Gasteiger partial charge in [-0.05, 0) is 44.7 Å². The van der Waals surface area contributed by atoms with E-state index in [0.717, 1.165) is 19.3 Å². The van der Waals surface area contributed by atoms with Crippen molar-refractivity contribution in [3.63, 3.8) is 0 Å². The van der Waals surface area contributed by atoms with Gasteiger partial charge in [-0.2, -0.15) is 0 Å². The van der Waals surface area contributed by atoms with Crippen molar-refractivity contribution in [1.82, 2.24) is 14.3 Å². The minimum atomic E-state index is -3.47. The number of rotatable bonds is 6. The average molecular weight is 406 g/mol. The van der Waals surface area contributed by atoms with E-state index >= 15 is 0 Å². The topological polar surface area (TPSA) is 71.8 Å². The second kappa shape index (κ2) is 8.23. The number of pyridine rings is 1. The van der Waals surface area contributed by atoms with Crippen LogP contribution in [0.15, 0.2) is 23.4 Å². The number of carbonyl (C=O) groups is 1. The molecule has 0 radical (unpaired) electrons. The Hall–Kier alpha value is -1.89. The van der Waals surface area contributed by atoms with Crippen LogP contribution in [0.4, 0.5) is 0 Å². The van der Waals surface area contributed by atoms with Crippen molar-refractivity contribution in [1.29, 1.82) is 0 Å². The zero-order chi connectivity index (χ0) is 20.5. The van der Waals surface area contributed by atoms with Crippen LogP contribution in [-0.4, -0.2) is 46.9 Å². The van der Waals surface area contributed by atoms with Gasteiger partial charge in [-0.3, -0.25) is 9.20 Å². The van der Waals surface area contributed by atoms with Crippen LogP contribution >= 0.6 is 0 Å². The minimum Gasteiger partial charge on any atom is -0.339 e. The molecular weight excluding hydrogens is 374 g/mol. The summed E-state index contributed by atoms with van der Waals surface area (Å²) in [6.45, 7) is 9.08. The average Bonchev–Trinajstić information content (AvgIpc) is 3.09. The van der Waals surface area contributed by atoms with Crippen molar-refractivity contribution in [3.8, 4) is 0 Å². The van der Waals surface area contributed by atoms with Gasteiger partial charge in [0.2, 0.25) is 0 Å². The molecule has 7 heteroatoms. The third-order valence-corrected chi connectivity index (χ3v) is 8.01. The molecule has 0 atom stereocenters. The summed E-state index contributed by atoms with van der Waals surface area (Å²) in [5.74, 6) is -0.0755. The van der Waals surface area contributed by atoms with E-state index in [1.165, 1.54) is 0 Å². The maximum absolute atomic E-state index is 13.5. The Morgan fingerprint density at radius 1 is 1.21 bits per heavy atom. The van der Waals surface area contributed by atoms with Crippen molar-refractivity contribution in [2.24, 2.45) is 0 Å². The zero-order valence-corrected chi connectivity index (χ0v) is 18.1. The van der Waals surface area contributed by atoms with Crippen LogP contribution in [0.1, 0.15) is 81.8 Å². The standard InChI is InChI=1S/C21H31N3O3S/c1-5-23(6-2)20(25)16-12-13-24-18(14-16)22-19(15(3)4)21(24)28(26,27)17-10-8-7-9-11-17/h12-15,17H,5-11H2,1-4H3. The van der Waals surface area contributed by atoms with Gasteiger partial charge in [0.05, 0.1) is 10.9 Å². The number of amides is 1. The molecule has 6 nitrogen and oxygen atoms in total. The monoisotopic (exact) mass is 405 g/mol. The molecule has 0 saturated heterocycles. The van der Waals surface area contributed by atoms with Gasteiger partial charge in [-0.15, -0.1) is 0 Å². The Balaban J connectivity index is 2.12. The Morgan fingerprint density at radius 2 is 1.86 bits per heavy atom. The van der Waals surface area contributed by atoms with E-state index in [1.807, 2.05) is 27.7 Å². The lowest BCUT2D eigenvalue weighted by molar-refractivity contribution is 0.0773. The molecule has 0 spiro atoms. The molecular formula is C21H31N3O3S. The maximum Gasteiger partial charge on any atom is 0.254 e. The largest absolute Gasteiger partial charge is 0.339 e. The quantitative estimate of drug-likeness (QED) is 0.727. The van der Waals surface area contributed by atoms with E-state index in [-0.39, 0.29) is 17.1 Å². The maximum atomic E-state index is 13.5. The number of fused-ring (bicyclic) bond motifs is 1. The highest BCUT2D eigenvalue weighted by atomic mass is 32.2. The van der Waals surface area contributed by atoms with Gasteiger partial charge >= 0.3 is 0 Å². The molecule has 1 saturated carbocycles. The van der Waals surface area contributed by atoms with Gasteiger partial charge in [0.1, 0.15) is 5.65 Å². The van der Waals surface area contributed by atoms with Gasteiger partial charge in [0, 0.05) is 24.8 Å². The van der Waals surface area contributed by atoms with Crippen molar-refractivity contribution in [2.75, 3.05) is 13.1 Å². The molecule has 2 heterocycles. The summed E-state index contributed by atoms with van der Waals surface area (Å²) in [5, 5.41) is -0.0260. The molecule has 1 aliphatic carbocycles. The van der Waals surface area contributed by atoms with E-state index in [0.29, 0.717) is 47.9 Å². The lowest BCUT2D eigenvalue weighted by Crippen LogP contribution is -2.30. The summed E-state index contributed by atoms with van der Waals surface area (Å²) in [4.78, 5) is 19.1. The summed E-state index contributed by atoms with van der Waals surface area (Å²) < 4.78 is 28.6. The minimum absolute atomic E-state index is 0.0183. The molecule has 0 aromatic carbocycles.